The van der Waals surface area contributed by atoms with Crippen molar-refractivity contribution in [1.29, 1.82) is 0 Å². The zero-order valence-electron chi connectivity index (χ0n) is 13.7. The molecule has 0 aliphatic rings. The molecule has 0 saturated carbocycles. The molecule has 0 amide bonds. The second-order valence-electron chi connectivity index (χ2n) is 5.13. The largest absolute Gasteiger partial charge is 0.348 e. The fourth-order valence-corrected chi connectivity index (χ4v) is 3.81. The molecular formula is C16H15BrF3NO4S. The molecule has 2 rings (SSSR count). The molecule has 2 aromatic carbocycles. The Morgan fingerprint density at radius 2 is 1.69 bits per heavy atom. The van der Waals surface area contributed by atoms with E-state index in [9.17, 15) is 21.6 Å². The number of nitrogens with one attached hydrogen (secondary N) is 1. The maximum Gasteiger partial charge on any atom is 0.262 e. The molecule has 2 atom stereocenters. The summed E-state index contributed by atoms with van der Waals surface area (Å²) < 4.78 is 78.5. The van der Waals surface area contributed by atoms with E-state index in [0.717, 1.165) is 32.4 Å². The lowest BCUT2D eigenvalue weighted by molar-refractivity contribution is -0.0113. The van der Waals surface area contributed by atoms with Crippen LogP contribution in [0.25, 0.3) is 0 Å². The number of ether oxygens (including phenoxy) is 2. The first-order valence-electron chi connectivity index (χ1n) is 7.15. The van der Waals surface area contributed by atoms with E-state index in [1.165, 1.54) is 18.2 Å². The number of methoxy groups -OCH3 is 2. The summed E-state index contributed by atoms with van der Waals surface area (Å²) >= 11 is 3.06. The second-order valence-corrected chi connectivity index (χ2v) is 7.70. The van der Waals surface area contributed by atoms with Gasteiger partial charge in [-0.15, -0.1) is 0 Å². The fraction of sp³-hybridized carbons (Fsp3) is 0.250. The van der Waals surface area contributed by atoms with Crippen molar-refractivity contribution in [2.24, 2.45) is 0 Å². The lowest BCUT2D eigenvalue weighted by Crippen LogP contribution is -2.17. The van der Waals surface area contributed by atoms with Crippen molar-refractivity contribution in [3.63, 3.8) is 0 Å². The third-order valence-electron chi connectivity index (χ3n) is 3.42. The Balaban J connectivity index is 2.54. The first kappa shape index (κ1) is 20.7. The van der Waals surface area contributed by atoms with Crippen LogP contribution in [0, 0.1) is 5.82 Å². The van der Waals surface area contributed by atoms with Crippen LogP contribution in [-0.2, 0) is 19.5 Å². The zero-order valence-corrected chi connectivity index (χ0v) is 16.1. The van der Waals surface area contributed by atoms with Gasteiger partial charge in [0, 0.05) is 29.8 Å². The summed E-state index contributed by atoms with van der Waals surface area (Å²) in [6, 6.07) is 6.83. The van der Waals surface area contributed by atoms with Gasteiger partial charge in [-0.2, -0.15) is 0 Å². The van der Waals surface area contributed by atoms with Crippen molar-refractivity contribution in [2.75, 3.05) is 18.9 Å². The molecule has 142 valence electrons. The first-order chi connectivity index (χ1) is 12.2. The van der Waals surface area contributed by atoms with E-state index in [1.807, 2.05) is 4.72 Å². The van der Waals surface area contributed by atoms with Crippen LogP contribution in [0.15, 0.2) is 45.8 Å². The van der Waals surface area contributed by atoms with Gasteiger partial charge < -0.3 is 9.47 Å². The summed E-state index contributed by atoms with van der Waals surface area (Å²) in [7, 11) is -2.31. The molecule has 5 nitrogen and oxygen atoms in total. The van der Waals surface area contributed by atoms with E-state index in [1.54, 1.807) is 0 Å². The number of hydrogen-bond donors (Lipinski definition) is 1. The number of benzene rings is 2. The molecule has 0 radical (unpaired) electrons. The summed E-state index contributed by atoms with van der Waals surface area (Å²) in [6.45, 7) is 0. The number of halogens is 4. The van der Waals surface area contributed by atoms with E-state index in [2.05, 4.69) is 25.4 Å². The number of hydrogen-bond acceptors (Lipinski definition) is 4. The molecule has 2 unspecified atom stereocenters. The van der Waals surface area contributed by atoms with Crippen molar-refractivity contribution in [1.82, 2.24) is 0 Å². The molecule has 0 heterocycles. The third kappa shape index (κ3) is 4.56. The minimum absolute atomic E-state index is 0.142. The van der Waals surface area contributed by atoms with Crippen molar-refractivity contribution >= 4 is 31.6 Å². The predicted molar refractivity (Wildman–Crippen MR) is 93.1 cm³/mol. The average Bonchev–Trinajstić information content (AvgIpc) is 2.62. The molecule has 26 heavy (non-hydrogen) atoms. The number of sulfonamides is 1. The molecular weight excluding hydrogens is 439 g/mol. The average molecular weight is 454 g/mol. The molecule has 10 heteroatoms. The van der Waals surface area contributed by atoms with Crippen molar-refractivity contribution in [3.8, 4) is 0 Å². The van der Waals surface area contributed by atoms with Crippen molar-refractivity contribution in [2.45, 2.75) is 17.6 Å². The highest BCUT2D eigenvalue weighted by Crippen LogP contribution is 2.32. The van der Waals surface area contributed by atoms with Gasteiger partial charge in [-0.25, -0.2) is 21.6 Å². The molecule has 0 aromatic heterocycles. The summed E-state index contributed by atoms with van der Waals surface area (Å²) in [5.74, 6) is -0.843. The molecule has 1 N–H and O–H groups in total. The minimum Gasteiger partial charge on any atom is -0.348 e. The molecule has 0 saturated heterocycles. The standard InChI is InChI=1S/C16H15BrF3NO4S/c1-24-15(19)9-3-5-11(16(20)25-2)14(7-9)26(22,23)21-13-6-4-10(17)8-12(13)18/h3-8,15-16,21H,1-2H3. The summed E-state index contributed by atoms with van der Waals surface area (Å²) in [6.07, 6.45) is -3.99. The fourth-order valence-electron chi connectivity index (χ4n) is 2.15. The van der Waals surface area contributed by atoms with Crippen LogP contribution in [-0.4, -0.2) is 22.6 Å². The van der Waals surface area contributed by atoms with Gasteiger partial charge in [-0.1, -0.05) is 28.1 Å². The highest BCUT2D eigenvalue weighted by molar-refractivity contribution is 9.10. The molecule has 2 aromatic rings. The van der Waals surface area contributed by atoms with Crippen LogP contribution >= 0.6 is 15.9 Å². The summed E-state index contributed by atoms with van der Waals surface area (Å²) in [5.41, 5.74) is -0.846. The van der Waals surface area contributed by atoms with E-state index in [4.69, 9.17) is 0 Å². The Bertz CT molecular complexity index is 895. The Morgan fingerprint density at radius 3 is 2.27 bits per heavy atom. The predicted octanol–water partition coefficient (Wildman–Crippen LogP) is 4.62. The van der Waals surface area contributed by atoms with Gasteiger partial charge in [0.1, 0.15) is 5.82 Å². The highest BCUT2D eigenvalue weighted by atomic mass is 79.9. The van der Waals surface area contributed by atoms with Crippen molar-refractivity contribution in [3.05, 3.63) is 57.8 Å². The van der Waals surface area contributed by atoms with Gasteiger partial charge in [-0.05, 0) is 24.3 Å². The van der Waals surface area contributed by atoms with Gasteiger partial charge >= 0.3 is 0 Å². The van der Waals surface area contributed by atoms with E-state index < -0.39 is 33.5 Å². The quantitative estimate of drug-likeness (QED) is 0.664. The molecule has 0 bridgehead atoms. The smallest absolute Gasteiger partial charge is 0.262 e. The Morgan fingerprint density at radius 1 is 1.04 bits per heavy atom. The van der Waals surface area contributed by atoms with Crippen LogP contribution in [0.3, 0.4) is 0 Å². The van der Waals surface area contributed by atoms with Crippen molar-refractivity contribution < 1.29 is 31.1 Å². The lowest BCUT2D eigenvalue weighted by atomic mass is 10.1. The summed E-state index contributed by atoms with van der Waals surface area (Å²) in [5, 5.41) is 0. The van der Waals surface area contributed by atoms with E-state index in [-0.39, 0.29) is 16.8 Å². The number of anilines is 1. The van der Waals surface area contributed by atoms with Crippen LogP contribution in [0.5, 0.6) is 0 Å². The SMILES string of the molecule is COC(F)c1ccc(C(F)OC)c(S(=O)(=O)Nc2ccc(Br)cc2F)c1. The van der Waals surface area contributed by atoms with Gasteiger partial charge in [0.15, 0.2) is 0 Å². The van der Waals surface area contributed by atoms with Crippen LogP contribution < -0.4 is 4.72 Å². The second kappa shape index (κ2) is 8.38. The van der Waals surface area contributed by atoms with E-state index in [0.29, 0.717) is 4.47 Å². The maximum absolute atomic E-state index is 14.0. The highest BCUT2D eigenvalue weighted by Gasteiger charge is 2.26. The van der Waals surface area contributed by atoms with Gasteiger partial charge in [0.25, 0.3) is 10.0 Å². The van der Waals surface area contributed by atoms with Crippen LogP contribution in [0.4, 0.5) is 18.9 Å². The molecule has 0 aliphatic carbocycles. The molecule has 0 spiro atoms. The first-order valence-corrected chi connectivity index (χ1v) is 9.42. The van der Waals surface area contributed by atoms with E-state index >= 15 is 0 Å². The zero-order chi connectivity index (χ0) is 19.5. The number of alkyl halides is 2. The lowest BCUT2D eigenvalue weighted by Gasteiger charge is -2.17. The van der Waals surface area contributed by atoms with Gasteiger partial charge in [0.2, 0.25) is 12.7 Å². The Kier molecular flexibility index (Phi) is 6.67. The third-order valence-corrected chi connectivity index (χ3v) is 5.34. The normalized spacial score (nSPS) is 14.1. The topological polar surface area (TPSA) is 64.6 Å². The monoisotopic (exact) mass is 453 g/mol. The van der Waals surface area contributed by atoms with Crippen LogP contribution in [0.1, 0.15) is 23.8 Å². The number of rotatable bonds is 7. The maximum atomic E-state index is 14.0. The summed E-state index contributed by atoms with van der Waals surface area (Å²) in [4.78, 5) is -0.591. The molecule has 0 aliphatic heterocycles. The minimum atomic E-state index is -4.45. The Hall–Kier alpha value is -1.62. The van der Waals surface area contributed by atoms with Gasteiger partial charge in [-0.3, -0.25) is 4.72 Å². The Labute approximate surface area is 157 Å². The van der Waals surface area contributed by atoms with Crippen LogP contribution in [0.2, 0.25) is 0 Å². The van der Waals surface area contributed by atoms with Gasteiger partial charge in [0.05, 0.1) is 10.6 Å². The molecule has 0 fully saturated rings.